The number of nitrogens with zero attached hydrogens (tertiary/aromatic N) is 2. The third kappa shape index (κ3) is 3.36. The van der Waals surface area contributed by atoms with Crippen molar-refractivity contribution in [3.8, 4) is 5.69 Å². The number of aromatic nitrogens is 1. The molecule has 0 saturated heterocycles. The van der Waals surface area contributed by atoms with Crippen LogP contribution in [0.4, 0.5) is 13.6 Å². The summed E-state index contributed by atoms with van der Waals surface area (Å²) in [5.41, 5.74) is 3.17. The number of rotatable bonds is 2. The van der Waals surface area contributed by atoms with E-state index in [4.69, 9.17) is 0 Å². The van der Waals surface area contributed by atoms with E-state index >= 15 is 0 Å². The minimum Gasteiger partial charge on any atom is -0.335 e. The maximum absolute atomic E-state index is 14.1. The number of urea groups is 1. The van der Waals surface area contributed by atoms with Crippen LogP contribution < -0.4 is 5.32 Å². The lowest BCUT2D eigenvalue weighted by atomic mass is 10.0. The van der Waals surface area contributed by atoms with Crippen molar-refractivity contribution in [1.29, 1.82) is 0 Å². The zero-order chi connectivity index (χ0) is 20.7. The first kappa shape index (κ1) is 18.9. The van der Waals surface area contributed by atoms with Crippen LogP contribution in [-0.4, -0.2) is 21.5 Å². The topological polar surface area (TPSA) is 37.3 Å². The van der Waals surface area contributed by atoms with Crippen LogP contribution in [-0.2, 0) is 6.54 Å². The molecule has 1 aliphatic carbocycles. The Bertz CT molecular complexity index is 1070. The number of carbonyl (C=O) groups is 1. The molecule has 0 bridgehead atoms. The third-order valence-corrected chi connectivity index (χ3v) is 6.11. The van der Waals surface area contributed by atoms with Crippen molar-refractivity contribution in [2.45, 2.75) is 44.3 Å². The predicted octanol–water partition coefficient (Wildman–Crippen LogP) is 5.31. The van der Waals surface area contributed by atoms with Gasteiger partial charge in [-0.05, 0) is 54.3 Å². The number of hydrogen-bond acceptors (Lipinski definition) is 1. The second-order valence-corrected chi connectivity index (χ2v) is 8.10. The Kier molecular flexibility index (Phi) is 4.77. The summed E-state index contributed by atoms with van der Waals surface area (Å²) < 4.78 is 30.3. The Balaban J connectivity index is 1.64. The van der Waals surface area contributed by atoms with Crippen LogP contribution in [0.1, 0.15) is 48.5 Å². The minimum atomic E-state index is -0.652. The average Bonchev–Trinajstić information content (AvgIpc) is 3.37. The summed E-state index contributed by atoms with van der Waals surface area (Å²) in [5.74, 6) is -1.30. The molecule has 3 aromatic rings. The zero-order valence-electron chi connectivity index (χ0n) is 16.5. The van der Waals surface area contributed by atoms with E-state index in [-0.39, 0.29) is 12.1 Å². The second kappa shape index (κ2) is 7.59. The van der Waals surface area contributed by atoms with Crippen molar-refractivity contribution in [3.05, 3.63) is 89.2 Å². The van der Waals surface area contributed by atoms with Crippen molar-refractivity contribution in [1.82, 2.24) is 14.8 Å². The van der Waals surface area contributed by atoms with E-state index in [1.807, 2.05) is 47.2 Å². The van der Waals surface area contributed by atoms with Gasteiger partial charge >= 0.3 is 6.03 Å². The fourth-order valence-corrected chi connectivity index (χ4v) is 4.75. The maximum atomic E-state index is 14.1. The average molecular weight is 407 g/mol. The van der Waals surface area contributed by atoms with Crippen LogP contribution >= 0.6 is 0 Å². The second-order valence-electron chi connectivity index (χ2n) is 8.10. The maximum Gasteiger partial charge on any atom is 0.318 e. The Morgan fingerprint density at radius 2 is 1.70 bits per heavy atom. The highest BCUT2D eigenvalue weighted by molar-refractivity contribution is 5.76. The summed E-state index contributed by atoms with van der Waals surface area (Å²) in [6, 6.07) is 14.5. The quantitative estimate of drug-likeness (QED) is 0.614. The predicted molar refractivity (Wildman–Crippen MR) is 110 cm³/mol. The first-order chi connectivity index (χ1) is 14.6. The molecule has 0 spiro atoms. The molecule has 1 aliphatic heterocycles. The van der Waals surface area contributed by atoms with Crippen molar-refractivity contribution in [2.24, 2.45) is 0 Å². The smallest absolute Gasteiger partial charge is 0.318 e. The van der Waals surface area contributed by atoms with Gasteiger partial charge in [0, 0.05) is 24.0 Å². The highest BCUT2D eigenvalue weighted by Gasteiger charge is 2.34. The van der Waals surface area contributed by atoms with Crippen LogP contribution in [0.2, 0.25) is 0 Å². The standard InChI is InChI=1S/C24H23F2N3O/c25-18-12-17(13-19(26)14-18)23-22-10-5-11-28(22)21-9-4-1-6-16(21)15-29(23)24(30)27-20-7-2-3-8-20/h1,4-6,9-14,20,23H,2-3,7-8,15H2,(H,27,30). The van der Waals surface area contributed by atoms with E-state index in [0.717, 1.165) is 48.7 Å². The number of carbonyl (C=O) groups excluding carboxylic acids is 1. The Labute approximate surface area is 174 Å². The minimum absolute atomic E-state index is 0.146. The van der Waals surface area contributed by atoms with Gasteiger partial charge in [-0.2, -0.15) is 0 Å². The molecule has 1 aromatic heterocycles. The highest BCUT2D eigenvalue weighted by atomic mass is 19.1. The van der Waals surface area contributed by atoms with Crippen LogP contribution in [0.5, 0.6) is 0 Å². The number of nitrogens with one attached hydrogen (secondary N) is 1. The lowest BCUT2D eigenvalue weighted by Crippen LogP contribution is -2.45. The van der Waals surface area contributed by atoms with E-state index in [1.54, 1.807) is 4.90 Å². The Hall–Kier alpha value is -3.15. The molecule has 2 amide bonds. The molecule has 2 aromatic carbocycles. The van der Waals surface area contributed by atoms with Crippen LogP contribution in [0, 0.1) is 11.6 Å². The molecule has 5 rings (SSSR count). The summed E-state index contributed by atoms with van der Waals surface area (Å²) in [5, 5.41) is 3.15. The van der Waals surface area contributed by atoms with Gasteiger partial charge < -0.3 is 14.8 Å². The first-order valence-electron chi connectivity index (χ1n) is 10.4. The van der Waals surface area contributed by atoms with E-state index in [2.05, 4.69) is 5.32 Å². The molecule has 0 radical (unpaired) electrons. The van der Waals surface area contributed by atoms with Crippen LogP contribution in [0.3, 0.4) is 0 Å². The summed E-state index contributed by atoms with van der Waals surface area (Å²) >= 11 is 0. The molecule has 30 heavy (non-hydrogen) atoms. The lowest BCUT2D eigenvalue weighted by Gasteiger charge is -2.32. The molecule has 1 unspecified atom stereocenters. The van der Waals surface area contributed by atoms with Crippen molar-refractivity contribution in [3.63, 3.8) is 0 Å². The highest BCUT2D eigenvalue weighted by Crippen LogP contribution is 2.37. The van der Waals surface area contributed by atoms with Gasteiger partial charge in [0.25, 0.3) is 0 Å². The van der Waals surface area contributed by atoms with Crippen molar-refractivity contribution in [2.75, 3.05) is 0 Å². The number of benzene rings is 2. The van der Waals surface area contributed by atoms with Gasteiger partial charge in [-0.1, -0.05) is 31.0 Å². The molecule has 154 valence electrons. The summed E-state index contributed by atoms with van der Waals surface area (Å²) in [6.07, 6.45) is 6.07. The fraction of sp³-hybridized carbons (Fsp3) is 0.292. The molecule has 4 nitrogen and oxygen atoms in total. The lowest BCUT2D eigenvalue weighted by molar-refractivity contribution is 0.176. The molecular formula is C24H23F2N3O. The third-order valence-electron chi connectivity index (χ3n) is 6.11. The first-order valence-corrected chi connectivity index (χ1v) is 10.4. The molecule has 1 saturated carbocycles. The normalized spacial score (nSPS) is 18.6. The summed E-state index contributed by atoms with van der Waals surface area (Å²) in [6.45, 7) is 0.346. The van der Waals surface area contributed by atoms with Gasteiger partial charge in [0.1, 0.15) is 11.6 Å². The number of fused-ring (bicyclic) bond motifs is 3. The van der Waals surface area contributed by atoms with Crippen molar-refractivity contribution < 1.29 is 13.6 Å². The van der Waals surface area contributed by atoms with Gasteiger partial charge in [-0.3, -0.25) is 0 Å². The van der Waals surface area contributed by atoms with Crippen molar-refractivity contribution >= 4 is 6.03 Å². The monoisotopic (exact) mass is 407 g/mol. The number of para-hydroxylation sites is 1. The zero-order valence-corrected chi connectivity index (χ0v) is 16.5. The molecule has 1 fully saturated rings. The van der Waals surface area contributed by atoms with Gasteiger partial charge in [0.2, 0.25) is 0 Å². The molecule has 6 heteroatoms. The van der Waals surface area contributed by atoms with E-state index < -0.39 is 17.7 Å². The molecule has 1 atom stereocenters. The van der Waals surface area contributed by atoms with Crippen LogP contribution in [0.25, 0.3) is 5.69 Å². The number of amides is 2. The van der Waals surface area contributed by atoms with Crippen LogP contribution in [0.15, 0.2) is 60.8 Å². The SMILES string of the molecule is O=C(NC1CCCC1)N1Cc2ccccc2-n2cccc2C1c1cc(F)cc(F)c1. The van der Waals surface area contributed by atoms with Gasteiger partial charge in [0.05, 0.1) is 18.3 Å². The Morgan fingerprint density at radius 1 is 0.967 bits per heavy atom. The van der Waals surface area contributed by atoms with E-state index in [9.17, 15) is 13.6 Å². The Morgan fingerprint density at radius 3 is 2.47 bits per heavy atom. The largest absolute Gasteiger partial charge is 0.335 e. The molecule has 1 N–H and O–H groups in total. The van der Waals surface area contributed by atoms with Gasteiger partial charge in [-0.15, -0.1) is 0 Å². The van der Waals surface area contributed by atoms with E-state index in [1.165, 1.54) is 12.1 Å². The summed E-state index contributed by atoms with van der Waals surface area (Å²) in [7, 11) is 0. The number of halogens is 2. The molecule has 2 heterocycles. The fourth-order valence-electron chi connectivity index (χ4n) is 4.75. The molecular weight excluding hydrogens is 384 g/mol. The van der Waals surface area contributed by atoms with Gasteiger partial charge in [0.15, 0.2) is 0 Å². The summed E-state index contributed by atoms with van der Waals surface area (Å²) in [4.78, 5) is 15.1. The van der Waals surface area contributed by atoms with E-state index in [0.29, 0.717) is 12.1 Å². The van der Waals surface area contributed by atoms with Gasteiger partial charge in [-0.25, -0.2) is 13.6 Å². The molecule has 2 aliphatic rings. The number of hydrogen-bond donors (Lipinski definition) is 1.